The van der Waals surface area contributed by atoms with Crippen molar-refractivity contribution in [3.63, 3.8) is 0 Å². The Morgan fingerprint density at radius 2 is 1.59 bits per heavy atom. The fourth-order valence-electron chi connectivity index (χ4n) is 6.36. The summed E-state index contributed by atoms with van der Waals surface area (Å²) in [4.78, 5) is 28.2. The number of hydrogen-bond acceptors (Lipinski definition) is 2. The molecule has 2 atom stereocenters. The molecule has 0 bridgehead atoms. The van der Waals surface area contributed by atoms with Crippen LogP contribution in [0, 0.1) is 11.8 Å². The summed E-state index contributed by atoms with van der Waals surface area (Å²) in [5.74, 6) is -5.58. The SMILES string of the molecule is O=C(c1ccc(-c2cc(Cl)c(C[C@H]3CC(N4CCCC4=O)CCC3(F)F)c(Cl)c2)cc1)N1CCC(C(F)(F)F)CC1. The molecule has 4 nitrogen and oxygen atoms in total. The highest BCUT2D eigenvalue weighted by atomic mass is 35.5. The first kappa shape index (κ1) is 30.1. The van der Waals surface area contributed by atoms with Gasteiger partial charge in [0.15, 0.2) is 0 Å². The topological polar surface area (TPSA) is 40.6 Å². The van der Waals surface area contributed by atoms with Gasteiger partial charge in [0, 0.05) is 60.0 Å². The highest BCUT2D eigenvalue weighted by Crippen LogP contribution is 2.45. The second-order valence-corrected chi connectivity index (χ2v) is 12.2. The summed E-state index contributed by atoms with van der Waals surface area (Å²) in [6.45, 7) is 0.706. The van der Waals surface area contributed by atoms with E-state index in [2.05, 4.69) is 0 Å². The molecule has 3 fully saturated rings. The number of alkyl halides is 5. The molecule has 2 heterocycles. The zero-order valence-electron chi connectivity index (χ0n) is 22.3. The molecular weight excluding hydrogens is 586 g/mol. The van der Waals surface area contributed by atoms with Gasteiger partial charge in [0.2, 0.25) is 5.91 Å². The minimum absolute atomic E-state index is 0.0120. The summed E-state index contributed by atoms with van der Waals surface area (Å²) in [6, 6.07) is 9.71. The fraction of sp³-hybridized carbons (Fsp3) is 0.533. The molecule has 0 N–H and O–H groups in total. The Morgan fingerprint density at radius 1 is 0.951 bits per heavy atom. The van der Waals surface area contributed by atoms with Gasteiger partial charge in [0.1, 0.15) is 0 Å². The molecule has 0 spiro atoms. The van der Waals surface area contributed by atoms with E-state index in [9.17, 15) is 31.5 Å². The Labute approximate surface area is 245 Å². The number of nitrogens with zero attached hydrogens (tertiary/aromatic N) is 2. The Hall–Kier alpha value is -2.39. The van der Waals surface area contributed by atoms with Crippen molar-refractivity contribution in [2.24, 2.45) is 11.8 Å². The standard InChI is InChI=1S/C30H31Cl2F5N2O2/c31-25-14-20(18-3-5-19(6-4-18)28(41)38-12-8-21(9-13-38)30(35,36)37)15-26(32)24(25)17-22-16-23(7-10-29(22,33)34)39-11-1-2-27(39)40/h3-6,14-15,21-23H,1-2,7-13,16-17H2/t22-,23?/m1/s1. The number of halogens is 7. The van der Waals surface area contributed by atoms with Gasteiger partial charge >= 0.3 is 6.18 Å². The Kier molecular flexibility index (Phi) is 8.59. The van der Waals surface area contributed by atoms with Crippen molar-refractivity contribution < 1.29 is 31.5 Å². The van der Waals surface area contributed by atoms with Gasteiger partial charge in [-0.15, -0.1) is 0 Å². The van der Waals surface area contributed by atoms with E-state index in [1.807, 2.05) is 0 Å². The van der Waals surface area contributed by atoms with E-state index in [1.165, 1.54) is 4.90 Å². The van der Waals surface area contributed by atoms with Crippen molar-refractivity contribution in [2.75, 3.05) is 19.6 Å². The van der Waals surface area contributed by atoms with E-state index in [0.717, 1.165) is 6.42 Å². The van der Waals surface area contributed by atoms with Crippen LogP contribution < -0.4 is 0 Å². The third-order valence-electron chi connectivity index (χ3n) is 8.82. The van der Waals surface area contributed by atoms with E-state index in [-0.39, 0.29) is 79.5 Å². The van der Waals surface area contributed by atoms with Gasteiger partial charge in [-0.05, 0) is 79.5 Å². The van der Waals surface area contributed by atoms with Crippen LogP contribution in [0.25, 0.3) is 11.1 Å². The summed E-state index contributed by atoms with van der Waals surface area (Å²) in [5, 5.41) is 0.519. The Bertz CT molecular complexity index is 1270. The fourth-order valence-corrected chi connectivity index (χ4v) is 7.00. The second kappa shape index (κ2) is 11.7. The lowest BCUT2D eigenvalue weighted by atomic mass is 9.78. The van der Waals surface area contributed by atoms with Crippen molar-refractivity contribution in [3.8, 4) is 11.1 Å². The number of rotatable bonds is 5. The van der Waals surface area contributed by atoms with Crippen LogP contribution in [0.1, 0.15) is 60.9 Å². The summed E-state index contributed by atoms with van der Waals surface area (Å²) in [5.41, 5.74) is 2.13. The number of carbonyl (C=O) groups is 2. The molecule has 5 rings (SSSR count). The minimum atomic E-state index is -4.25. The number of benzene rings is 2. The predicted molar refractivity (Wildman–Crippen MR) is 147 cm³/mol. The van der Waals surface area contributed by atoms with Gasteiger partial charge in [-0.3, -0.25) is 9.59 Å². The highest BCUT2D eigenvalue weighted by Gasteiger charge is 2.47. The average Bonchev–Trinajstić information content (AvgIpc) is 3.36. The predicted octanol–water partition coefficient (Wildman–Crippen LogP) is 8.04. The number of hydrogen-bond donors (Lipinski definition) is 0. The number of carbonyl (C=O) groups excluding carboxylic acids is 2. The average molecular weight is 617 g/mol. The van der Waals surface area contributed by atoms with E-state index in [1.54, 1.807) is 41.3 Å². The van der Waals surface area contributed by atoms with Gasteiger partial charge < -0.3 is 9.80 Å². The lowest BCUT2D eigenvalue weighted by molar-refractivity contribution is -0.183. The van der Waals surface area contributed by atoms with Crippen LogP contribution in [0.2, 0.25) is 10.0 Å². The lowest BCUT2D eigenvalue weighted by Gasteiger charge is -2.40. The zero-order chi connectivity index (χ0) is 29.5. The molecule has 1 unspecified atom stereocenters. The first-order chi connectivity index (χ1) is 19.3. The van der Waals surface area contributed by atoms with Gasteiger partial charge in [0.05, 0.1) is 5.92 Å². The van der Waals surface area contributed by atoms with Crippen molar-refractivity contribution in [1.82, 2.24) is 9.80 Å². The molecule has 41 heavy (non-hydrogen) atoms. The van der Waals surface area contributed by atoms with Gasteiger partial charge in [-0.1, -0.05) is 35.3 Å². The maximum Gasteiger partial charge on any atom is 0.391 e. The van der Waals surface area contributed by atoms with Gasteiger partial charge in [-0.25, -0.2) is 8.78 Å². The number of likely N-dealkylation sites (tertiary alicyclic amines) is 2. The zero-order valence-corrected chi connectivity index (χ0v) is 23.8. The Morgan fingerprint density at radius 3 is 2.15 bits per heavy atom. The molecule has 2 aromatic rings. The Balaban J connectivity index is 1.27. The lowest BCUT2D eigenvalue weighted by Crippen LogP contribution is -2.46. The van der Waals surface area contributed by atoms with E-state index < -0.39 is 23.9 Å². The maximum absolute atomic E-state index is 15.0. The first-order valence-electron chi connectivity index (χ1n) is 13.9. The normalized spacial score (nSPS) is 23.7. The molecule has 0 aromatic heterocycles. The first-order valence-corrected chi connectivity index (χ1v) is 14.7. The third-order valence-corrected chi connectivity index (χ3v) is 9.49. The van der Waals surface area contributed by atoms with Crippen molar-refractivity contribution in [2.45, 2.75) is 69.5 Å². The van der Waals surface area contributed by atoms with Crippen LogP contribution in [-0.2, 0) is 11.2 Å². The molecule has 222 valence electrons. The quantitative estimate of drug-likeness (QED) is 0.319. The van der Waals surface area contributed by atoms with E-state index in [0.29, 0.717) is 35.2 Å². The molecule has 2 amide bonds. The summed E-state index contributed by atoms with van der Waals surface area (Å²) in [6.07, 6.45) is -3.08. The van der Waals surface area contributed by atoms with Crippen LogP contribution in [0.4, 0.5) is 22.0 Å². The van der Waals surface area contributed by atoms with Crippen LogP contribution in [0.15, 0.2) is 36.4 Å². The van der Waals surface area contributed by atoms with Crippen molar-refractivity contribution in [1.29, 1.82) is 0 Å². The number of amides is 2. The van der Waals surface area contributed by atoms with Crippen molar-refractivity contribution in [3.05, 3.63) is 57.6 Å². The summed E-state index contributed by atoms with van der Waals surface area (Å²) >= 11 is 13.2. The maximum atomic E-state index is 15.0. The minimum Gasteiger partial charge on any atom is -0.340 e. The molecular formula is C30H31Cl2F5N2O2. The van der Waals surface area contributed by atoms with Crippen LogP contribution >= 0.6 is 23.2 Å². The van der Waals surface area contributed by atoms with Crippen molar-refractivity contribution >= 4 is 35.0 Å². The van der Waals surface area contributed by atoms with E-state index >= 15 is 0 Å². The smallest absolute Gasteiger partial charge is 0.340 e. The third kappa shape index (κ3) is 6.51. The number of piperidine rings is 1. The van der Waals surface area contributed by atoms with Crippen LogP contribution in [-0.4, -0.2) is 59.4 Å². The molecule has 2 aliphatic heterocycles. The second-order valence-electron chi connectivity index (χ2n) is 11.4. The molecule has 2 saturated heterocycles. The highest BCUT2D eigenvalue weighted by molar-refractivity contribution is 6.36. The molecule has 0 radical (unpaired) electrons. The molecule has 1 aliphatic carbocycles. The van der Waals surface area contributed by atoms with Gasteiger partial charge in [0.25, 0.3) is 11.8 Å². The molecule has 11 heteroatoms. The summed E-state index contributed by atoms with van der Waals surface area (Å²) in [7, 11) is 0. The molecule has 2 aromatic carbocycles. The van der Waals surface area contributed by atoms with Crippen LogP contribution in [0.5, 0.6) is 0 Å². The molecule has 1 saturated carbocycles. The molecule has 3 aliphatic rings. The van der Waals surface area contributed by atoms with E-state index in [4.69, 9.17) is 23.2 Å². The van der Waals surface area contributed by atoms with Crippen LogP contribution in [0.3, 0.4) is 0 Å². The summed E-state index contributed by atoms with van der Waals surface area (Å²) < 4.78 is 68.8. The van der Waals surface area contributed by atoms with Gasteiger partial charge in [-0.2, -0.15) is 13.2 Å². The monoisotopic (exact) mass is 616 g/mol. The largest absolute Gasteiger partial charge is 0.391 e.